The minimum atomic E-state index is -5.03. The molecule has 0 bridgehead atoms. The van der Waals surface area contributed by atoms with Crippen molar-refractivity contribution < 1.29 is 30.7 Å². The van der Waals surface area contributed by atoms with Crippen molar-refractivity contribution >= 4 is 5.82 Å². The van der Waals surface area contributed by atoms with Gasteiger partial charge in [-0.1, -0.05) is 18.2 Å². The van der Waals surface area contributed by atoms with Gasteiger partial charge in [0.25, 0.3) is 0 Å². The molecule has 0 amide bonds. The van der Waals surface area contributed by atoms with Crippen molar-refractivity contribution in [3.63, 3.8) is 0 Å². The van der Waals surface area contributed by atoms with Crippen LogP contribution in [0.1, 0.15) is 35.8 Å². The highest BCUT2D eigenvalue weighted by Crippen LogP contribution is 2.42. The monoisotopic (exact) mass is 455 g/mol. The molecule has 0 unspecified atom stereocenters. The van der Waals surface area contributed by atoms with E-state index in [-0.39, 0.29) is 12.6 Å². The van der Waals surface area contributed by atoms with E-state index in [1.165, 1.54) is 23.2 Å². The van der Waals surface area contributed by atoms with Crippen LogP contribution in [0.15, 0.2) is 54.7 Å². The molecule has 4 rings (SSSR count). The molecule has 1 aliphatic rings. The van der Waals surface area contributed by atoms with Crippen LogP contribution in [0.2, 0.25) is 0 Å². The molecule has 10 heteroatoms. The van der Waals surface area contributed by atoms with Gasteiger partial charge >= 0.3 is 12.4 Å². The number of hydrogen-bond acceptors (Lipinski definition) is 3. The highest BCUT2D eigenvalue weighted by Gasteiger charge is 2.40. The van der Waals surface area contributed by atoms with Crippen molar-refractivity contribution in [1.29, 1.82) is 0 Å². The minimum absolute atomic E-state index is 0.0132. The minimum Gasteiger partial charge on any atom is -0.348 e. The number of benzene rings is 1. The lowest BCUT2D eigenvalue weighted by molar-refractivity contribution is -0.145. The standard InChI is InChI=1S/C22H16F7N3/c23-15-7-5-13(6-8-15)16-3-1-9-30-20(16)17-4-2-10-32(17)19-12-14(21(24,25)26)11-18(31-19)22(27,28)29/h1,3,5-9,11-12,17H,2,4,10H2/t17-/m1/s1. The topological polar surface area (TPSA) is 29.0 Å². The van der Waals surface area contributed by atoms with Crippen LogP contribution in [0, 0.1) is 5.82 Å². The summed E-state index contributed by atoms with van der Waals surface area (Å²) in [7, 11) is 0. The number of rotatable bonds is 3. The van der Waals surface area contributed by atoms with Crippen LogP contribution in [-0.4, -0.2) is 16.5 Å². The van der Waals surface area contributed by atoms with Gasteiger partial charge in [-0.2, -0.15) is 26.3 Å². The SMILES string of the molecule is Fc1ccc(-c2cccnc2[C@H]2CCCN2c2cc(C(F)(F)F)cc(C(F)(F)F)n2)cc1. The zero-order chi connectivity index (χ0) is 23.1. The van der Waals surface area contributed by atoms with Crippen LogP contribution < -0.4 is 4.90 Å². The van der Waals surface area contributed by atoms with Gasteiger partial charge < -0.3 is 4.90 Å². The molecule has 1 saturated heterocycles. The molecular weight excluding hydrogens is 439 g/mol. The average molecular weight is 455 g/mol. The molecular formula is C22H16F7N3. The van der Waals surface area contributed by atoms with Crippen molar-refractivity contribution in [2.45, 2.75) is 31.2 Å². The maximum absolute atomic E-state index is 13.3. The number of halogens is 7. The summed E-state index contributed by atoms with van der Waals surface area (Å²) in [5.41, 5.74) is -1.29. The summed E-state index contributed by atoms with van der Waals surface area (Å²) in [5, 5.41) is 0. The lowest BCUT2D eigenvalue weighted by Gasteiger charge is -2.28. The van der Waals surface area contributed by atoms with Gasteiger partial charge in [0.15, 0.2) is 0 Å². The summed E-state index contributed by atoms with van der Waals surface area (Å²) in [6.45, 7) is 0.218. The number of aromatic nitrogens is 2. The first kappa shape index (κ1) is 22.0. The van der Waals surface area contributed by atoms with E-state index >= 15 is 0 Å². The Morgan fingerprint density at radius 2 is 1.62 bits per heavy atom. The molecule has 0 N–H and O–H groups in total. The molecule has 0 radical (unpaired) electrons. The van der Waals surface area contributed by atoms with Crippen molar-refractivity contribution in [3.8, 4) is 11.1 Å². The number of alkyl halides is 6. The molecule has 1 aromatic carbocycles. The fourth-order valence-electron chi connectivity index (χ4n) is 3.85. The first-order valence-electron chi connectivity index (χ1n) is 9.68. The fraction of sp³-hybridized carbons (Fsp3) is 0.273. The molecule has 0 spiro atoms. The van der Waals surface area contributed by atoms with Crippen LogP contribution >= 0.6 is 0 Å². The molecule has 1 fully saturated rings. The number of nitrogens with zero attached hydrogens (tertiary/aromatic N) is 3. The third-order valence-corrected chi connectivity index (χ3v) is 5.29. The average Bonchev–Trinajstić information content (AvgIpc) is 3.22. The van der Waals surface area contributed by atoms with Gasteiger partial charge in [-0.25, -0.2) is 9.37 Å². The van der Waals surface area contributed by atoms with Gasteiger partial charge in [0.2, 0.25) is 0 Å². The summed E-state index contributed by atoms with van der Waals surface area (Å²) in [4.78, 5) is 9.30. The Balaban J connectivity index is 1.80. The summed E-state index contributed by atoms with van der Waals surface area (Å²) in [5.74, 6) is -0.847. The summed E-state index contributed by atoms with van der Waals surface area (Å²) in [6, 6.07) is 9.06. The highest BCUT2D eigenvalue weighted by atomic mass is 19.4. The quantitative estimate of drug-likeness (QED) is 0.414. The van der Waals surface area contributed by atoms with E-state index in [9.17, 15) is 30.7 Å². The third kappa shape index (κ3) is 4.39. The Bertz CT molecular complexity index is 1080. The largest absolute Gasteiger partial charge is 0.433 e. The van der Waals surface area contributed by atoms with E-state index in [4.69, 9.17) is 0 Å². The van der Waals surface area contributed by atoms with Crippen LogP contribution in [0.4, 0.5) is 36.6 Å². The van der Waals surface area contributed by atoms with E-state index in [0.717, 1.165) is 0 Å². The van der Waals surface area contributed by atoms with Gasteiger partial charge in [-0.3, -0.25) is 4.98 Å². The van der Waals surface area contributed by atoms with Crippen LogP contribution in [0.5, 0.6) is 0 Å². The molecule has 1 atom stereocenters. The highest BCUT2D eigenvalue weighted by molar-refractivity contribution is 5.67. The van der Waals surface area contributed by atoms with Crippen molar-refractivity contribution in [1.82, 2.24) is 9.97 Å². The fourth-order valence-corrected chi connectivity index (χ4v) is 3.85. The van der Waals surface area contributed by atoms with E-state index in [1.54, 1.807) is 24.3 Å². The molecule has 3 nitrogen and oxygen atoms in total. The summed E-state index contributed by atoms with van der Waals surface area (Å²) < 4.78 is 93.1. The lowest BCUT2D eigenvalue weighted by atomic mass is 9.98. The first-order valence-corrected chi connectivity index (χ1v) is 9.68. The summed E-state index contributed by atoms with van der Waals surface area (Å²) >= 11 is 0. The van der Waals surface area contributed by atoms with Crippen LogP contribution in [0.25, 0.3) is 11.1 Å². The van der Waals surface area contributed by atoms with Gasteiger partial charge in [0.05, 0.1) is 17.3 Å². The second-order valence-corrected chi connectivity index (χ2v) is 7.39. The number of anilines is 1. The molecule has 2 aromatic heterocycles. The Labute approximate surface area is 178 Å². The molecule has 3 aromatic rings. The zero-order valence-corrected chi connectivity index (χ0v) is 16.4. The third-order valence-electron chi connectivity index (χ3n) is 5.29. The van der Waals surface area contributed by atoms with E-state index in [1.807, 2.05) is 0 Å². The van der Waals surface area contributed by atoms with E-state index in [2.05, 4.69) is 9.97 Å². The maximum atomic E-state index is 13.3. The van der Waals surface area contributed by atoms with E-state index < -0.39 is 41.3 Å². The first-order chi connectivity index (χ1) is 15.0. The molecule has 3 heterocycles. The summed E-state index contributed by atoms with van der Waals surface area (Å²) in [6.07, 6.45) is -7.50. The van der Waals surface area contributed by atoms with Gasteiger partial charge in [0.1, 0.15) is 17.3 Å². The predicted molar refractivity (Wildman–Crippen MR) is 103 cm³/mol. The molecule has 0 saturated carbocycles. The van der Waals surface area contributed by atoms with Gasteiger partial charge in [-0.05, 0) is 48.7 Å². The van der Waals surface area contributed by atoms with Crippen molar-refractivity contribution in [2.24, 2.45) is 0 Å². The molecule has 32 heavy (non-hydrogen) atoms. The number of hydrogen-bond donors (Lipinski definition) is 0. The second kappa shape index (κ2) is 8.07. The zero-order valence-electron chi connectivity index (χ0n) is 16.4. The molecule has 0 aliphatic carbocycles. The van der Waals surface area contributed by atoms with Crippen LogP contribution in [-0.2, 0) is 12.4 Å². The molecule has 168 valence electrons. The van der Waals surface area contributed by atoms with Gasteiger partial charge in [0, 0.05) is 18.3 Å². The predicted octanol–water partition coefficient (Wildman–Crippen LogP) is 6.66. The molecule has 1 aliphatic heterocycles. The Kier molecular flexibility index (Phi) is 5.56. The Hall–Kier alpha value is -3.17. The van der Waals surface area contributed by atoms with E-state index in [0.29, 0.717) is 35.7 Å². The van der Waals surface area contributed by atoms with Crippen molar-refractivity contribution in [3.05, 3.63) is 77.5 Å². The van der Waals surface area contributed by atoms with Gasteiger partial charge in [-0.15, -0.1) is 0 Å². The smallest absolute Gasteiger partial charge is 0.348 e. The van der Waals surface area contributed by atoms with Crippen LogP contribution in [0.3, 0.4) is 0 Å². The Morgan fingerprint density at radius 1 is 0.906 bits per heavy atom. The second-order valence-electron chi connectivity index (χ2n) is 7.39. The number of pyridine rings is 2. The maximum Gasteiger partial charge on any atom is 0.433 e. The Morgan fingerprint density at radius 3 is 2.28 bits per heavy atom. The lowest BCUT2D eigenvalue weighted by Crippen LogP contribution is -2.26. The normalized spacial score (nSPS) is 17.1. The van der Waals surface area contributed by atoms with Crippen molar-refractivity contribution in [2.75, 3.05) is 11.4 Å².